The summed E-state index contributed by atoms with van der Waals surface area (Å²) in [5.41, 5.74) is 10.5. The van der Waals surface area contributed by atoms with Crippen LogP contribution in [0.3, 0.4) is 0 Å². The van der Waals surface area contributed by atoms with Crippen molar-refractivity contribution in [3.63, 3.8) is 0 Å². The van der Waals surface area contributed by atoms with E-state index in [1.165, 1.54) is 18.2 Å². The largest absolute Gasteiger partial charge is 0.573 e. The van der Waals surface area contributed by atoms with Gasteiger partial charge >= 0.3 is 12.4 Å². The monoisotopic (exact) mass is 639 g/mol. The van der Waals surface area contributed by atoms with Crippen LogP contribution < -0.4 is 42.6 Å². The van der Waals surface area contributed by atoms with E-state index in [1.54, 1.807) is 27.0 Å². The molecule has 2 amide bonds. The van der Waals surface area contributed by atoms with Gasteiger partial charge in [-0.1, -0.05) is 32.9 Å². The number of nitrogens with one attached hydrogen (secondary N) is 4. The number of urea groups is 1. The summed E-state index contributed by atoms with van der Waals surface area (Å²) in [6.45, 7) is 15.7. The zero-order chi connectivity index (χ0) is 33.8. The van der Waals surface area contributed by atoms with Gasteiger partial charge in [0.05, 0.1) is 11.9 Å². The maximum atomic E-state index is 12.4. The number of rotatable bonds is 9. The number of carbonyl (C=O) groups is 1. The highest BCUT2D eigenvalue weighted by Gasteiger charge is 2.32. The Balaban J connectivity index is 0.000000330. The minimum absolute atomic E-state index is 0.0405. The Morgan fingerprint density at radius 2 is 1.76 bits per heavy atom. The molecule has 0 atom stereocenters. The number of para-hydroxylation sites is 2. The second kappa shape index (κ2) is 16.3. The first-order valence-corrected chi connectivity index (χ1v) is 14.9. The number of alkyl halides is 3. The van der Waals surface area contributed by atoms with Crippen LogP contribution in [0.1, 0.15) is 66.6 Å². The van der Waals surface area contributed by atoms with Crippen molar-refractivity contribution in [2.45, 2.75) is 78.1 Å². The van der Waals surface area contributed by atoms with E-state index in [1.807, 2.05) is 20.8 Å². The molecule has 0 radical (unpaired) electrons. The summed E-state index contributed by atoms with van der Waals surface area (Å²) in [5.74, 6) is 1.05. The molecule has 0 unspecified atom stereocenters. The molecular formula is C30H48F3N9O3. The van der Waals surface area contributed by atoms with Crippen LogP contribution in [-0.4, -0.2) is 66.6 Å². The lowest BCUT2D eigenvalue weighted by molar-refractivity contribution is -0.274. The summed E-state index contributed by atoms with van der Waals surface area (Å²) < 4.78 is 40.4. The van der Waals surface area contributed by atoms with Crippen molar-refractivity contribution in [2.75, 3.05) is 42.9 Å². The van der Waals surface area contributed by atoms with E-state index in [-0.39, 0.29) is 22.6 Å². The molecule has 0 saturated carbocycles. The number of anilines is 2. The fraction of sp³-hybridized carbons (Fsp3) is 0.600. The molecular weight excluding hydrogens is 591 g/mol. The summed E-state index contributed by atoms with van der Waals surface area (Å²) >= 11 is 0. The Bertz CT molecular complexity index is 1310. The Labute approximate surface area is 262 Å². The number of piperidine rings is 1. The zero-order valence-electron chi connectivity index (χ0n) is 27.0. The first-order valence-electron chi connectivity index (χ1n) is 14.9. The SMILES string of the molecule is CC(C)(C)NC(=O)Nc1ccccc1OC(F)(F)F.CC(C)(C)c1ncc(N2CCC(CNCCCN=C(N)N)CC2)c(=O)[nH]1. The maximum absolute atomic E-state index is 12.4. The zero-order valence-corrected chi connectivity index (χ0v) is 27.0. The van der Waals surface area contributed by atoms with Crippen LogP contribution in [0.15, 0.2) is 40.2 Å². The van der Waals surface area contributed by atoms with Gasteiger partial charge in [0.2, 0.25) is 0 Å². The topological polar surface area (TPSA) is 176 Å². The van der Waals surface area contributed by atoms with Crippen LogP contribution in [0.2, 0.25) is 0 Å². The van der Waals surface area contributed by atoms with Crippen LogP contribution >= 0.6 is 0 Å². The molecule has 2 heterocycles. The molecule has 15 heteroatoms. The van der Waals surface area contributed by atoms with Gasteiger partial charge in [-0.25, -0.2) is 9.78 Å². The summed E-state index contributed by atoms with van der Waals surface area (Å²) in [6, 6.07) is 4.72. The minimum Gasteiger partial charge on any atom is -0.404 e. The fourth-order valence-electron chi connectivity index (χ4n) is 4.37. The Morgan fingerprint density at radius 1 is 1.11 bits per heavy atom. The number of ether oxygens (including phenoxy) is 1. The number of aliphatic imine (C=N–C) groups is 1. The lowest BCUT2D eigenvalue weighted by atomic mass is 9.95. The number of nitrogens with zero attached hydrogens (tertiary/aromatic N) is 3. The molecule has 0 bridgehead atoms. The van der Waals surface area contributed by atoms with Gasteiger partial charge in [-0.05, 0) is 71.2 Å². The number of H-pyrrole nitrogens is 1. The van der Waals surface area contributed by atoms with Crippen LogP contribution in [0, 0.1) is 5.92 Å². The molecule has 1 aliphatic rings. The molecule has 45 heavy (non-hydrogen) atoms. The van der Waals surface area contributed by atoms with Crippen LogP contribution in [0.5, 0.6) is 5.75 Å². The molecule has 1 aromatic carbocycles. The van der Waals surface area contributed by atoms with Crippen LogP contribution in [-0.2, 0) is 5.41 Å². The number of carbonyl (C=O) groups excluding carboxylic acids is 1. The smallest absolute Gasteiger partial charge is 0.404 e. The number of benzene rings is 1. The average molecular weight is 640 g/mol. The van der Waals surface area contributed by atoms with Gasteiger partial charge in [0.25, 0.3) is 5.56 Å². The third-order valence-corrected chi connectivity index (χ3v) is 6.53. The molecule has 1 saturated heterocycles. The summed E-state index contributed by atoms with van der Waals surface area (Å²) in [5, 5.41) is 8.35. The quantitative estimate of drug-likeness (QED) is 0.135. The molecule has 12 nitrogen and oxygen atoms in total. The Morgan fingerprint density at radius 3 is 2.31 bits per heavy atom. The second-order valence-corrected chi connectivity index (χ2v) is 12.9. The number of hydrogen-bond donors (Lipinski definition) is 6. The minimum atomic E-state index is -4.81. The number of aromatic amines is 1. The normalized spacial score (nSPS) is 14.2. The van der Waals surface area contributed by atoms with E-state index in [9.17, 15) is 22.8 Å². The molecule has 1 aromatic heterocycles. The van der Waals surface area contributed by atoms with Crippen LogP contribution in [0.25, 0.3) is 0 Å². The molecule has 252 valence electrons. The second-order valence-electron chi connectivity index (χ2n) is 12.9. The Kier molecular flexibility index (Phi) is 13.5. The number of aromatic nitrogens is 2. The molecule has 0 spiro atoms. The van der Waals surface area contributed by atoms with Crippen molar-refractivity contribution in [1.82, 2.24) is 20.6 Å². The highest BCUT2D eigenvalue weighted by atomic mass is 19.4. The lowest BCUT2D eigenvalue weighted by Crippen LogP contribution is -2.43. The van der Waals surface area contributed by atoms with Crippen molar-refractivity contribution in [2.24, 2.45) is 22.4 Å². The van der Waals surface area contributed by atoms with E-state index in [2.05, 4.69) is 40.5 Å². The predicted octanol–water partition coefficient (Wildman–Crippen LogP) is 4.04. The third-order valence-electron chi connectivity index (χ3n) is 6.53. The first kappa shape index (κ1) is 37.2. The van der Waals surface area contributed by atoms with Gasteiger partial charge < -0.3 is 42.0 Å². The first-order chi connectivity index (χ1) is 20.8. The fourth-order valence-corrected chi connectivity index (χ4v) is 4.37. The number of hydrogen-bond acceptors (Lipinski definition) is 7. The van der Waals surface area contributed by atoms with Crippen LogP contribution in [0.4, 0.5) is 29.3 Å². The van der Waals surface area contributed by atoms with Gasteiger partial charge in [-0.3, -0.25) is 9.79 Å². The lowest BCUT2D eigenvalue weighted by Gasteiger charge is -2.33. The molecule has 0 aliphatic carbocycles. The van der Waals surface area contributed by atoms with E-state index in [0.717, 1.165) is 57.3 Å². The average Bonchev–Trinajstić information content (AvgIpc) is 2.90. The highest BCUT2D eigenvalue weighted by Crippen LogP contribution is 2.30. The van der Waals surface area contributed by atoms with Crippen molar-refractivity contribution in [1.29, 1.82) is 0 Å². The van der Waals surface area contributed by atoms with Crippen molar-refractivity contribution in [3.8, 4) is 5.75 Å². The van der Waals surface area contributed by atoms with Crippen molar-refractivity contribution in [3.05, 3.63) is 46.6 Å². The van der Waals surface area contributed by atoms with Gasteiger partial charge in [0.1, 0.15) is 11.5 Å². The van der Waals surface area contributed by atoms with Gasteiger partial charge in [-0.15, -0.1) is 13.2 Å². The number of guanidine groups is 1. The van der Waals surface area contributed by atoms with E-state index < -0.39 is 23.7 Å². The summed E-state index contributed by atoms with van der Waals surface area (Å²) in [6.07, 6.45) is -0.0133. The molecule has 3 rings (SSSR count). The molecule has 1 fully saturated rings. The maximum Gasteiger partial charge on any atom is 0.573 e. The predicted molar refractivity (Wildman–Crippen MR) is 172 cm³/mol. The number of nitrogens with two attached hydrogens (primary N) is 2. The Hall–Kier alpha value is -4.01. The van der Waals surface area contributed by atoms with Crippen molar-refractivity contribution >= 4 is 23.4 Å². The third kappa shape index (κ3) is 14.5. The summed E-state index contributed by atoms with van der Waals surface area (Å²) in [4.78, 5) is 37.5. The van der Waals surface area contributed by atoms with Crippen molar-refractivity contribution < 1.29 is 22.7 Å². The molecule has 2 aromatic rings. The highest BCUT2D eigenvalue weighted by molar-refractivity contribution is 5.91. The van der Waals surface area contributed by atoms with Gasteiger partial charge in [-0.2, -0.15) is 0 Å². The molecule has 8 N–H and O–H groups in total. The standard InChI is InChI=1S/C18H33N7O.C12H15F3N2O2/c1-18(2,3)16-23-12-14(15(26)24-16)25-9-5-13(6-10-25)11-21-7-4-8-22-17(19)20;1-11(2,3)17-10(18)16-8-6-4-5-7-9(8)19-12(13,14)15/h12-13,21H,4-11H2,1-3H3,(H4,19,20,22)(H,23,24,26);4-7H,1-3H3,(H2,16,17,18). The van der Waals surface area contributed by atoms with E-state index in [0.29, 0.717) is 18.2 Å². The van der Waals surface area contributed by atoms with E-state index >= 15 is 0 Å². The summed E-state index contributed by atoms with van der Waals surface area (Å²) in [7, 11) is 0. The molecule has 1 aliphatic heterocycles. The number of amides is 2. The van der Waals surface area contributed by atoms with E-state index in [4.69, 9.17) is 11.5 Å². The van der Waals surface area contributed by atoms with Gasteiger partial charge in [0.15, 0.2) is 11.7 Å². The van der Waals surface area contributed by atoms with Gasteiger partial charge in [0, 0.05) is 30.6 Å². The number of halogens is 3.